The highest BCUT2D eigenvalue weighted by Crippen LogP contribution is 2.39. The molecular weight excluding hydrogens is 514 g/mol. The molecule has 0 amide bonds. The van der Waals surface area contributed by atoms with E-state index >= 15 is 0 Å². The lowest BCUT2D eigenvalue weighted by Crippen LogP contribution is -2.50. The van der Waals surface area contributed by atoms with Gasteiger partial charge < -0.3 is 23.8 Å². The van der Waals surface area contributed by atoms with Crippen LogP contribution in [0.4, 0.5) is 0 Å². The summed E-state index contributed by atoms with van der Waals surface area (Å²) in [5.74, 6) is -0.754. The van der Waals surface area contributed by atoms with E-state index in [1.807, 2.05) is 0 Å². The molecule has 2 N–H and O–H groups in total. The molecule has 0 bridgehead atoms. The standard InChI is InChI=1S/C29H63NO6Si2/c1-28(2,3)37(8,9)35-25(17-12-14-21-31)23-30(20-16-19-27(32)33)24-26(18-13-15-22-34-7)36-38(10,11)29(4,5)6/h25-26,31H,12-24H2,1-11H3,(H,32,33). The summed E-state index contributed by atoms with van der Waals surface area (Å²) in [5, 5.41) is 18.9. The Balaban J connectivity index is 5.90. The van der Waals surface area contributed by atoms with E-state index in [4.69, 9.17) is 13.6 Å². The summed E-state index contributed by atoms with van der Waals surface area (Å²) < 4.78 is 19.1. The highest BCUT2D eigenvalue weighted by molar-refractivity contribution is 6.74. The second-order valence-electron chi connectivity index (χ2n) is 14.0. The molecule has 7 nitrogen and oxygen atoms in total. The van der Waals surface area contributed by atoms with E-state index < -0.39 is 22.6 Å². The van der Waals surface area contributed by atoms with Crippen LogP contribution in [0.3, 0.4) is 0 Å². The quantitative estimate of drug-likeness (QED) is 0.113. The first-order valence-electron chi connectivity index (χ1n) is 14.8. The number of hydrogen-bond acceptors (Lipinski definition) is 6. The van der Waals surface area contributed by atoms with Crippen LogP contribution in [0.25, 0.3) is 0 Å². The average Bonchev–Trinajstić information content (AvgIpc) is 2.74. The van der Waals surface area contributed by atoms with Gasteiger partial charge in [0.25, 0.3) is 0 Å². The minimum absolute atomic E-state index is 0.0503. The van der Waals surface area contributed by atoms with Crippen molar-refractivity contribution in [3.63, 3.8) is 0 Å². The summed E-state index contributed by atoms with van der Waals surface area (Å²) in [5.41, 5.74) is 0. The van der Waals surface area contributed by atoms with Crippen LogP contribution >= 0.6 is 0 Å². The van der Waals surface area contributed by atoms with Gasteiger partial charge in [-0.3, -0.25) is 9.69 Å². The van der Waals surface area contributed by atoms with Gasteiger partial charge in [-0.15, -0.1) is 0 Å². The van der Waals surface area contributed by atoms with Crippen molar-refractivity contribution in [2.45, 2.75) is 141 Å². The van der Waals surface area contributed by atoms with Crippen LogP contribution in [-0.2, 0) is 18.4 Å². The van der Waals surface area contributed by atoms with Crippen LogP contribution in [0.5, 0.6) is 0 Å². The van der Waals surface area contributed by atoms with E-state index in [0.717, 1.165) is 58.2 Å². The Morgan fingerprint density at radius 2 is 1.24 bits per heavy atom. The van der Waals surface area contributed by atoms with Crippen molar-refractivity contribution in [2.24, 2.45) is 0 Å². The number of rotatable bonds is 21. The SMILES string of the molecule is COCCCCC(CN(CCCC(=O)O)CC(CCCCO)O[Si](C)(C)C(C)(C)C)O[Si](C)(C)C(C)(C)C. The zero-order valence-corrected chi connectivity index (χ0v) is 28.8. The molecule has 0 aromatic rings. The fourth-order valence-corrected chi connectivity index (χ4v) is 6.71. The second kappa shape index (κ2) is 17.5. The van der Waals surface area contributed by atoms with Gasteiger partial charge in [0.05, 0.1) is 12.2 Å². The van der Waals surface area contributed by atoms with Gasteiger partial charge in [-0.2, -0.15) is 0 Å². The van der Waals surface area contributed by atoms with E-state index in [1.54, 1.807) is 7.11 Å². The number of aliphatic hydroxyl groups is 1. The first kappa shape index (κ1) is 37.7. The van der Waals surface area contributed by atoms with Crippen LogP contribution < -0.4 is 0 Å². The number of aliphatic carboxylic acids is 1. The maximum absolute atomic E-state index is 11.3. The Kier molecular flexibility index (Phi) is 17.4. The Labute approximate surface area is 237 Å². The van der Waals surface area contributed by atoms with Crippen molar-refractivity contribution in [3.8, 4) is 0 Å². The van der Waals surface area contributed by atoms with Gasteiger partial charge in [-0.25, -0.2) is 0 Å². The van der Waals surface area contributed by atoms with Crippen molar-refractivity contribution in [1.29, 1.82) is 0 Å². The number of nitrogens with zero attached hydrogens (tertiary/aromatic N) is 1. The Morgan fingerprint density at radius 3 is 1.61 bits per heavy atom. The lowest BCUT2D eigenvalue weighted by molar-refractivity contribution is -0.137. The zero-order chi connectivity index (χ0) is 29.6. The van der Waals surface area contributed by atoms with Crippen LogP contribution in [0.1, 0.15) is 92.9 Å². The van der Waals surface area contributed by atoms with Gasteiger partial charge in [-0.05, 0) is 87.8 Å². The summed E-state index contributed by atoms with van der Waals surface area (Å²) in [6, 6.07) is 0. The van der Waals surface area contributed by atoms with Crippen molar-refractivity contribution < 1.29 is 28.6 Å². The number of hydrogen-bond donors (Lipinski definition) is 2. The lowest BCUT2D eigenvalue weighted by atomic mass is 10.1. The Morgan fingerprint density at radius 1 is 0.789 bits per heavy atom. The minimum Gasteiger partial charge on any atom is -0.481 e. The largest absolute Gasteiger partial charge is 0.481 e. The number of carbonyl (C=O) groups is 1. The van der Waals surface area contributed by atoms with E-state index in [-0.39, 0.29) is 35.3 Å². The molecule has 0 spiro atoms. The van der Waals surface area contributed by atoms with E-state index in [0.29, 0.717) is 13.0 Å². The number of carboxylic acid groups (broad SMARTS) is 1. The van der Waals surface area contributed by atoms with Gasteiger partial charge in [0, 0.05) is 39.8 Å². The summed E-state index contributed by atoms with van der Waals surface area (Å²) in [7, 11) is -2.24. The molecule has 0 aliphatic rings. The fourth-order valence-electron chi connectivity index (χ4n) is 3.95. The molecule has 2 atom stereocenters. The molecule has 0 aromatic carbocycles. The maximum Gasteiger partial charge on any atom is 0.303 e. The molecule has 0 heterocycles. The first-order chi connectivity index (χ1) is 17.4. The van der Waals surface area contributed by atoms with Crippen molar-refractivity contribution in [2.75, 3.05) is 40.0 Å². The molecule has 0 saturated carbocycles. The third-order valence-corrected chi connectivity index (χ3v) is 17.5. The van der Waals surface area contributed by atoms with Crippen LogP contribution in [-0.4, -0.2) is 89.9 Å². The summed E-state index contributed by atoms with van der Waals surface area (Å²) in [6.07, 6.45) is 6.49. The molecular formula is C29H63NO6Si2. The molecule has 9 heteroatoms. The van der Waals surface area contributed by atoms with Crippen LogP contribution in [0.15, 0.2) is 0 Å². The number of ether oxygens (including phenoxy) is 1. The van der Waals surface area contributed by atoms with Gasteiger partial charge in [0.1, 0.15) is 0 Å². The van der Waals surface area contributed by atoms with E-state index in [9.17, 15) is 15.0 Å². The van der Waals surface area contributed by atoms with Crippen molar-refractivity contribution in [1.82, 2.24) is 4.90 Å². The number of aliphatic hydroxyl groups excluding tert-OH is 1. The molecule has 38 heavy (non-hydrogen) atoms. The smallest absolute Gasteiger partial charge is 0.303 e. The molecule has 228 valence electrons. The van der Waals surface area contributed by atoms with Gasteiger partial charge in [-0.1, -0.05) is 41.5 Å². The fraction of sp³-hybridized carbons (Fsp3) is 0.966. The average molecular weight is 578 g/mol. The maximum atomic E-state index is 11.3. The highest BCUT2D eigenvalue weighted by atomic mass is 28.4. The van der Waals surface area contributed by atoms with Crippen molar-refractivity contribution in [3.05, 3.63) is 0 Å². The molecule has 0 aromatic heterocycles. The molecule has 0 aliphatic heterocycles. The van der Waals surface area contributed by atoms with E-state index in [2.05, 4.69) is 72.6 Å². The molecule has 0 rings (SSSR count). The predicted molar refractivity (Wildman–Crippen MR) is 164 cm³/mol. The first-order valence-corrected chi connectivity index (χ1v) is 20.6. The number of carboxylic acids is 1. The molecule has 0 saturated heterocycles. The second-order valence-corrected chi connectivity index (χ2v) is 23.5. The van der Waals surface area contributed by atoms with Gasteiger partial charge in [0.2, 0.25) is 0 Å². The number of unbranched alkanes of at least 4 members (excludes halogenated alkanes) is 2. The Bertz CT molecular complexity index is 646. The minimum atomic E-state index is -2.00. The summed E-state index contributed by atoms with van der Waals surface area (Å²) >= 11 is 0. The molecule has 0 fully saturated rings. The summed E-state index contributed by atoms with van der Waals surface area (Å²) in [6.45, 7) is 26.0. The molecule has 0 radical (unpaired) electrons. The molecule has 2 unspecified atom stereocenters. The number of methoxy groups -OCH3 is 1. The third-order valence-electron chi connectivity index (χ3n) is 8.38. The van der Waals surface area contributed by atoms with Crippen molar-refractivity contribution >= 4 is 22.6 Å². The lowest BCUT2D eigenvalue weighted by Gasteiger charge is -2.42. The Hall–Kier alpha value is -0.296. The normalized spacial score (nSPS) is 15.2. The third kappa shape index (κ3) is 15.5. The zero-order valence-electron chi connectivity index (χ0n) is 26.8. The molecule has 0 aliphatic carbocycles. The summed E-state index contributed by atoms with van der Waals surface area (Å²) in [4.78, 5) is 13.7. The van der Waals surface area contributed by atoms with Gasteiger partial charge >= 0.3 is 5.97 Å². The monoisotopic (exact) mass is 577 g/mol. The predicted octanol–water partition coefficient (Wildman–Crippen LogP) is 6.91. The highest BCUT2D eigenvalue weighted by Gasteiger charge is 2.41. The topological polar surface area (TPSA) is 88.5 Å². The van der Waals surface area contributed by atoms with Gasteiger partial charge in [0.15, 0.2) is 16.6 Å². The van der Waals surface area contributed by atoms with Crippen LogP contribution in [0.2, 0.25) is 36.3 Å². The van der Waals surface area contributed by atoms with E-state index in [1.165, 1.54) is 0 Å². The van der Waals surface area contributed by atoms with Crippen LogP contribution in [0, 0.1) is 0 Å².